The number of ether oxygens (including phenoxy) is 3. The number of rotatable bonds is 5. The van der Waals surface area contributed by atoms with Gasteiger partial charge in [0, 0.05) is 43.5 Å². The van der Waals surface area contributed by atoms with Crippen molar-refractivity contribution in [1.29, 1.82) is 0 Å². The fourth-order valence-corrected chi connectivity index (χ4v) is 8.15. The summed E-state index contributed by atoms with van der Waals surface area (Å²) in [7, 11) is 5.55. The van der Waals surface area contributed by atoms with Crippen molar-refractivity contribution in [1.82, 2.24) is 9.80 Å². The number of methoxy groups -OCH3 is 2. The Hall–Kier alpha value is -4.28. The maximum atomic E-state index is 10.6. The molecule has 3 atom stereocenters. The molecule has 1 aromatic heterocycles. The topological polar surface area (TPSA) is 101 Å². The molecule has 8 heterocycles. The number of allylic oxidation sites excluding steroid dienone is 3. The standard InChI is InChI=1S/C40H44N2O7/c1-41-13-10-26-19-37-35-21-31(26)32(41)17-25-6-9-34(45-2)36(18-25)48-29-7-4-24(5-8-29)16-33-39-27(11-14-42(33)22-28(44)23-43)20-38(46-3)40(49-37)30(39)12-15-47-35/h4,6-7,9,12,15,18-21,28,32-33,43-44H,5,8,10-11,13-14,16-17,22-23H2,1-3H3. The van der Waals surface area contributed by atoms with Crippen LogP contribution >= 0.6 is 0 Å². The number of likely N-dealkylation sites (N-methyl/N-ethyl adjacent to an activating group) is 1. The van der Waals surface area contributed by atoms with Gasteiger partial charge in [-0.2, -0.15) is 0 Å². The van der Waals surface area contributed by atoms with E-state index in [1.807, 2.05) is 12.1 Å². The van der Waals surface area contributed by atoms with Crippen LogP contribution in [0.25, 0.3) is 22.1 Å². The van der Waals surface area contributed by atoms with Gasteiger partial charge in [0.05, 0.1) is 33.2 Å². The van der Waals surface area contributed by atoms with E-state index >= 15 is 0 Å². The molecular formula is C40H44N2O7. The van der Waals surface area contributed by atoms with Crippen molar-refractivity contribution >= 4 is 22.1 Å². The van der Waals surface area contributed by atoms with Crippen LogP contribution in [-0.4, -0.2) is 73.6 Å². The van der Waals surface area contributed by atoms with E-state index in [2.05, 4.69) is 59.3 Å². The van der Waals surface area contributed by atoms with Gasteiger partial charge in [0.2, 0.25) is 0 Å². The van der Waals surface area contributed by atoms with E-state index in [-0.39, 0.29) is 18.7 Å². The first-order valence-corrected chi connectivity index (χ1v) is 17.3. The van der Waals surface area contributed by atoms with Crippen molar-refractivity contribution in [2.45, 2.75) is 56.7 Å². The van der Waals surface area contributed by atoms with E-state index in [4.69, 9.17) is 23.0 Å². The number of hydrogen-bond acceptors (Lipinski definition) is 9. The molecule has 256 valence electrons. The van der Waals surface area contributed by atoms with Crippen molar-refractivity contribution in [2.75, 3.05) is 47.5 Å². The number of nitrogens with zero attached hydrogens (tertiary/aromatic N) is 2. The van der Waals surface area contributed by atoms with Crippen LogP contribution in [0.3, 0.4) is 0 Å². The summed E-state index contributed by atoms with van der Waals surface area (Å²) in [6.45, 7) is 1.74. The number of β-amino-alcohol motifs (C(OH)–C–C–N with tert-alkyl or cyclic N) is 1. The van der Waals surface area contributed by atoms with Gasteiger partial charge in [-0.3, -0.25) is 9.80 Å². The van der Waals surface area contributed by atoms with Crippen LogP contribution in [0.15, 0.2) is 81.0 Å². The zero-order valence-electron chi connectivity index (χ0n) is 28.4. The van der Waals surface area contributed by atoms with E-state index in [1.165, 1.54) is 22.3 Å². The maximum absolute atomic E-state index is 10.6. The van der Waals surface area contributed by atoms with Crippen molar-refractivity contribution < 1.29 is 33.3 Å². The molecule has 0 fully saturated rings. The molecule has 2 N–H and O–H groups in total. The predicted octanol–water partition coefficient (Wildman–Crippen LogP) is 6.73. The average Bonchev–Trinajstić information content (AvgIpc) is 3.10. The molecule has 0 amide bonds. The molecule has 1 aliphatic carbocycles. The number of hydrogen-bond donors (Lipinski definition) is 2. The Morgan fingerprint density at radius 2 is 1.73 bits per heavy atom. The molecule has 49 heavy (non-hydrogen) atoms. The molecule has 12 bridgehead atoms. The Morgan fingerprint density at radius 1 is 0.878 bits per heavy atom. The van der Waals surface area contributed by atoms with Crippen molar-refractivity contribution in [3.63, 3.8) is 0 Å². The third kappa shape index (κ3) is 5.99. The molecule has 9 heteroatoms. The van der Waals surface area contributed by atoms with Gasteiger partial charge in [0.1, 0.15) is 5.76 Å². The van der Waals surface area contributed by atoms with Crippen molar-refractivity contribution in [3.8, 4) is 17.2 Å². The summed E-state index contributed by atoms with van der Waals surface area (Å²) in [5, 5.41) is 21.4. The van der Waals surface area contributed by atoms with Crippen LogP contribution < -0.4 is 14.2 Å². The molecule has 3 unspecified atom stereocenters. The Labute approximate surface area is 286 Å². The summed E-state index contributed by atoms with van der Waals surface area (Å²) < 4.78 is 31.5. The van der Waals surface area contributed by atoms with Gasteiger partial charge in [0.15, 0.2) is 34.0 Å². The highest BCUT2D eigenvalue weighted by atomic mass is 16.5. The minimum Gasteiger partial charge on any atom is -0.493 e. The van der Waals surface area contributed by atoms with E-state index in [0.717, 1.165) is 79.6 Å². The molecule has 8 aliphatic rings. The van der Waals surface area contributed by atoms with Gasteiger partial charge in [-0.25, -0.2) is 0 Å². The summed E-state index contributed by atoms with van der Waals surface area (Å²) >= 11 is 0. The maximum Gasteiger partial charge on any atom is 0.177 e. The molecule has 0 radical (unpaired) electrons. The fourth-order valence-electron chi connectivity index (χ4n) is 8.15. The Kier molecular flexibility index (Phi) is 8.61. The van der Waals surface area contributed by atoms with Crippen molar-refractivity contribution in [3.05, 3.63) is 100 Å². The number of aliphatic hydroxyl groups excluding tert-OH is 2. The van der Waals surface area contributed by atoms with E-state index in [1.54, 1.807) is 20.5 Å². The normalized spacial score (nSPS) is 21.2. The Balaban J connectivity index is 1.38. The first kappa shape index (κ1) is 32.0. The van der Waals surface area contributed by atoms with Crippen LogP contribution in [0.1, 0.15) is 59.2 Å². The second kappa shape index (κ2) is 13.2. The lowest BCUT2D eigenvalue weighted by Crippen LogP contribution is -2.41. The zero-order chi connectivity index (χ0) is 33.6. The minimum absolute atomic E-state index is 0.0685. The molecule has 4 aromatic rings. The molecule has 9 nitrogen and oxygen atoms in total. The van der Waals surface area contributed by atoms with Gasteiger partial charge in [-0.15, -0.1) is 0 Å². The van der Waals surface area contributed by atoms with Gasteiger partial charge >= 0.3 is 0 Å². The first-order chi connectivity index (χ1) is 23.9. The second-order valence-corrected chi connectivity index (χ2v) is 13.7. The number of benzene rings is 3. The lowest BCUT2D eigenvalue weighted by molar-refractivity contribution is 0.0411. The fraction of sp³-hybridized carbons (Fsp3) is 0.400. The van der Waals surface area contributed by atoms with Crippen LogP contribution in [0.5, 0.6) is 17.2 Å². The summed E-state index contributed by atoms with van der Waals surface area (Å²) in [6.07, 6.45) is 10.0. The molecule has 7 aliphatic heterocycles. The molecule has 0 saturated heterocycles. The average molecular weight is 665 g/mol. The van der Waals surface area contributed by atoms with E-state index < -0.39 is 6.10 Å². The summed E-state index contributed by atoms with van der Waals surface area (Å²) in [4.78, 5) is 4.70. The van der Waals surface area contributed by atoms with Crippen LogP contribution in [0.4, 0.5) is 0 Å². The first-order valence-electron chi connectivity index (χ1n) is 17.3. The molecule has 12 rings (SSSR count). The van der Waals surface area contributed by atoms with E-state index in [9.17, 15) is 10.2 Å². The second-order valence-electron chi connectivity index (χ2n) is 13.7. The van der Waals surface area contributed by atoms with Crippen LogP contribution in [-0.2, 0) is 19.3 Å². The largest absolute Gasteiger partial charge is 0.493 e. The van der Waals surface area contributed by atoms with Crippen molar-refractivity contribution in [2.24, 2.45) is 0 Å². The third-order valence-electron chi connectivity index (χ3n) is 10.8. The molecule has 0 saturated carbocycles. The zero-order valence-corrected chi connectivity index (χ0v) is 28.4. The van der Waals surface area contributed by atoms with Crippen LogP contribution in [0, 0.1) is 0 Å². The van der Waals surface area contributed by atoms with Gasteiger partial charge in [0.25, 0.3) is 0 Å². The minimum atomic E-state index is -0.843. The van der Waals surface area contributed by atoms with Crippen LogP contribution in [0.2, 0.25) is 0 Å². The third-order valence-corrected chi connectivity index (χ3v) is 10.8. The quantitative estimate of drug-likeness (QED) is 0.241. The SMILES string of the molecule is COc1ccc2cc1OC1=CC=C(CC1)CC1c3c(cc(OC)c4oc5cc6c(cc5occc34)C(C2)N(C)CC6)CCN1CC(O)CO. The summed E-state index contributed by atoms with van der Waals surface area (Å²) in [5.41, 5.74) is 9.22. The lowest BCUT2D eigenvalue weighted by atomic mass is 9.84. The summed E-state index contributed by atoms with van der Waals surface area (Å²) in [5.74, 6) is 3.02. The van der Waals surface area contributed by atoms with Gasteiger partial charge in [-0.1, -0.05) is 17.7 Å². The molecular weight excluding hydrogens is 620 g/mol. The van der Waals surface area contributed by atoms with E-state index in [0.29, 0.717) is 34.8 Å². The summed E-state index contributed by atoms with van der Waals surface area (Å²) in [6, 6.07) is 14.7. The smallest absolute Gasteiger partial charge is 0.177 e. The monoisotopic (exact) mass is 664 g/mol. The highest BCUT2D eigenvalue weighted by molar-refractivity contribution is 5.89. The highest BCUT2D eigenvalue weighted by Gasteiger charge is 2.33. The number of aliphatic hydroxyl groups is 2. The predicted molar refractivity (Wildman–Crippen MR) is 188 cm³/mol. The van der Waals surface area contributed by atoms with Gasteiger partial charge < -0.3 is 33.3 Å². The molecule has 0 spiro atoms. The Bertz CT molecular complexity index is 2020. The lowest BCUT2D eigenvalue weighted by Gasteiger charge is -2.39. The molecule has 3 aromatic carbocycles. The Morgan fingerprint density at radius 3 is 2.53 bits per heavy atom. The van der Waals surface area contributed by atoms with Gasteiger partial charge in [-0.05, 0) is 109 Å². The highest BCUT2D eigenvalue weighted by Crippen LogP contribution is 2.45.